The molecule has 3 aliphatic heterocycles. The SMILES string of the molecule is CCCOc1c(Br)cc(-c2n[nH]c3c2N2CCC3CC2)cc1OCC. The first-order valence-corrected chi connectivity index (χ1v) is 9.94. The fourth-order valence-electron chi connectivity index (χ4n) is 3.86. The third-order valence-corrected chi connectivity index (χ3v) is 5.61. The Morgan fingerprint density at radius 3 is 2.76 bits per heavy atom. The molecule has 3 aliphatic rings. The number of ether oxygens (including phenoxy) is 2. The van der Waals surface area contributed by atoms with E-state index in [4.69, 9.17) is 9.47 Å². The number of aromatic amines is 1. The van der Waals surface area contributed by atoms with Crippen molar-refractivity contribution in [3.8, 4) is 22.8 Å². The molecule has 0 atom stereocenters. The molecule has 1 aromatic carbocycles. The van der Waals surface area contributed by atoms with E-state index in [1.54, 1.807) is 0 Å². The van der Waals surface area contributed by atoms with Crippen molar-refractivity contribution in [1.82, 2.24) is 10.2 Å². The van der Waals surface area contributed by atoms with Crippen molar-refractivity contribution in [2.24, 2.45) is 0 Å². The van der Waals surface area contributed by atoms with E-state index in [1.165, 1.54) is 24.2 Å². The molecule has 1 N–H and O–H groups in total. The maximum atomic E-state index is 5.89. The molecular weight excluding hydrogens is 382 g/mol. The second-order valence-electron chi connectivity index (χ2n) is 6.66. The predicted octanol–water partition coefficient (Wildman–Crippen LogP) is 4.72. The van der Waals surface area contributed by atoms with Crippen LogP contribution in [0.25, 0.3) is 11.3 Å². The summed E-state index contributed by atoms with van der Waals surface area (Å²) in [6.45, 7) is 7.62. The van der Waals surface area contributed by atoms with Gasteiger partial charge >= 0.3 is 0 Å². The lowest BCUT2D eigenvalue weighted by molar-refractivity contribution is 0.275. The Hall–Kier alpha value is -1.69. The highest BCUT2D eigenvalue weighted by Crippen LogP contribution is 2.47. The van der Waals surface area contributed by atoms with Gasteiger partial charge in [-0.2, -0.15) is 5.10 Å². The van der Waals surface area contributed by atoms with E-state index in [1.807, 2.05) is 6.92 Å². The van der Waals surface area contributed by atoms with Crippen molar-refractivity contribution in [3.63, 3.8) is 0 Å². The lowest BCUT2D eigenvalue weighted by Crippen LogP contribution is -2.38. The number of nitrogens with one attached hydrogen (secondary N) is 1. The standard InChI is InChI=1S/C19H24BrN3O2/c1-3-9-25-19-14(20)10-13(11-15(19)24-4-2)17-18-16(21-22-17)12-5-7-23(18)8-6-12/h10-12H,3-9H2,1-2H3,(H,21,22). The summed E-state index contributed by atoms with van der Waals surface area (Å²) in [5, 5.41) is 7.96. The van der Waals surface area contributed by atoms with Crippen LogP contribution in [-0.2, 0) is 0 Å². The maximum Gasteiger partial charge on any atom is 0.175 e. The van der Waals surface area contributed by atoms with E-state index in [9.17, 15) is 0 Å². The third kappa shape index (κ3) is 2.90. The van der Waals surface area contributed by atoms with Crippen molar-refractivity contribution in [2.75, 3.05) is 31.2 Å². The van der Waals surface area contributed by atoms with Gasteiger partial charge in [0.15, 0.2) is 11.5 Å². The van der Waals surface area contributed by atoms with Crippen LogP contribution in [0.5, 0.6) is 11.5 Å². The van der Waals surface area contributed by atoms with Crippen LogP contribution < -0.4 is 14.4 Å². The molecule has 2 bridgehead atoms. The normalized spacial score (nSPS) is 16.2. The number of piperidine rings is 1. The summed E-state index contributed by atoms with van der Waals surface area (Å²) in [4.78, 5) is 2.46. The number of hydrogen-bond donors (Lipinski definition) is 1. The van der Waals surface area contributed by atoms with Crippen LogP contribution >= 0.6 is 15.9 Å². The topological polar surface area (TPSA) is 50.4 Å². The fourth-order valence-corrected chi connectivity index (χ4v) is 4.42. The van der Waals surface area contributed by atoms with Crippen molar-refractivity contribution in [1.29, 1.82) is 0 Å². The number of anilines is 1. The Morgan fingerprint density at radius 1 is 1.24 bits per heavy atom. The monoisotopic (exact) mass is 405 g/mol. The fraction of sp³-hybridized carbons (Fsp3) is 0.526. The van der Waals surface area contributed by atoms with Crippen molar-refractivity contribution in [3.05, 3.63) is 22.3 Å². The van der Waals surface area contributed by atoms with Crippen LogP contribution in [0.4, 0.5) is 5.69 Å². The molecule has 0 radical (unpaired) electrons. The van der Waals surface area contributed by atoms with Gasteiger partial charge in [-0.05, 0) is 54.2 Å². The molecule has 0 unspecified atom stereocenters. The number of benzene rings is 1. The molecule has 2 aromatic rings. The number of H-pyrrole nitrogens is 1. The smallest absolute Gasteiger partial charge is 0.175 e. The molecule has 4 heterocycles. The number of fused-ring (bicyclic) bond motifs is 2. The Morgan fingerprint density at radius 2 is 2.04 bits per heavy atom. The largest absolute Gasteiger partial charge is 0.490 e. The van der Waals surface area contributed by atoms with Gasteiger partial charge in [0.25, 0.3) is 0 Å². The minimum atomic E-state index is 0.602. The van der Waals surface area contributed by atoms with Crippen LogP contribution in [-0.4, -0.2) is 36.5 Å². The zero-order valence-corrected chi connectivity index (χ0v) is 16.4. The Bertz CT molecular complexity index is 766. The van der Waals surface area contributed by atoms with Gasteiger partial charge in [0, 0.05) is 24.6 Å². The van der Waals surface area contributed by atoms with Gasteiger partial charge in [-0.25, -0.2) is 0 Å². The number of aromatic nitrogens is 2. The first-order valence-electron chi connectivity index (χ1n) is 9.15. The summed E-state index contributed by atoms with van der Waals surface area (Å²) in [7, 11) is 0. The highest BCUT2D eigenvalue weighted by Gasteiger charge is 2.35. The number of nitrogens with zero attached hydrogens (tertiary/aromatic N) is 2. The van der Waals surface area contributed by atoms with Crippen LogP contribution in [0, 0.1) is 0 Å². The molecular formula is C19H24BrN3O2. The molecule has 5 nitrogen and oxygen atoms in total. The van der Waals surface area contributed by atoms with E-state index in [-0.39, 0.29) is 0 Å². The van der Waals surface area contributed by atoms with Crippen LogP contribution in [0.3, 0.4) is 0 Å². The summed E-state index contributed by atoms with van der Waals surface area (Å²) in [6, 6.07) is 4.15. The first-order chi connectivity index (χ1) is 12.2. The average molecular weight is 406 g/mol. The van der Waals surface area contributed by atoms with Crippen molar-refractivity contribution in [2.45, 2.75) is 39.0 Å². The molecule has 1 fully saturated rings. The van der Waals surface area contributed by atoms with Crippen LogP contribution in [0.2, 0.25) is 0 Å². The maximum absolute atomic E-state index is 5.89. The van der Waals surface area contributed by atoms with Gasteiger partial charge in [-0.1, -0.05) is 6.92 Å². The highest BCUT2D eigenvalue weighted by atomic mass is 79.9. The quantitative estimate of drug-likeness (QED) is 0.754. The summed E-state index contributed by atoms with van der Waals surface area (Å²) >= 11 is 3.66. The molecule has 1 saturated heterocycles. The summed E-state index contributed by atoms with van der Waals surface area (Å²) in [6.07, 6.45) is 3.42. The van der Waals surface area contributed by atoms with Crippen molar-refractivity contribution >= 4 is 21.6 Å². The lowest BCUT2D eigenvalue weighted by Gasteiger charge is -2.40. The average Bonchev–Trinajstić information content (AvgIpc) is 3.09. The molecule has 0 saturated carbocycles. The molecule has 134 valence electrons. The van der Waals surface area contributed by atoms with Gasteiger partial charge < -0.3 is 14.4 Å². The summed E-state index contributed by atoms with van der Waals surface area (Å²) in [5.74, 6) is 2.18. The lowest BCUT2D eigenvalue weighted by atomic mass is 9.86. The van der Waals surface area contributed by atoms with Gasteiger partial charge in [-0.15, -0.1) is 0 Å². The molecule has 25 heavy (non-hydrogen) atoms. The van der Waals surface area contributed by atoms with E-state index in [2.05, 4.69) is 50.1 Å². The molecule has 0 aliphatic carbocycles. The van der Waals surface area contributed by atoms with E-state index >= 15 is 0 Å². The zero-order valence-electron chi connectivity index (χ0n) is 14.8. The van der Waals surface area contributed by atoms with E-state index in [0.29, 0.717) is 19.1 Å². The molecule has 1 aromatic heterocycles. The third-order valence-electron chi connectivity index (χ3n) is 5.02. The zero-order chi connectivity index (χ0) is 17.4. The Kier molecular flexibility index (Phi) is 4.63. The number of hydrogen-bond acceptors (Lipinski definition) is 4. The van der Waals surface area contributed by atoms with Crippen molar-refractivity contribution < 1.29 is 9.47 Å². The Balaban J connectivity index is 1.77. The van der Waals surface area contributed by atoms with Gasteiger partial charge in [0.1, 0.15) is 5.69 Å². The summed E-state index contributed by atoms with van der Waals surface area (Å²) < 4.78 is 12.7. The number of rotatable bonds is 6. The second-order valence-corrected chi connectivity index (χ2v) is 7.52. The van der Waals surface area contributed by atoms with E-state index in [0.717, 1.165) is 46.7 Å². The number of halogens is 1. The van der Waals surface area contributed by atoms with Gasteiger partial charge in [0.05, 0.1) is 29.1 Å². The molecule has 0 amide bonds. The van der Waals surface area contributed by atoms with E-state index < -0.39 is 0 Å². The van der Waals surface area contributed by atoms with Gasteiger partial charge in [-0.3, -0.25) is 5.10 Å². The minimum Gasteiger partial charge on any atom is -0.490 e. The molecule has 6 heteroatoms. The van der Waals surface area contributed by atoms with Crippen LogP contribution in [0.1, 0.15) is 44.7 Å². The highest BCUT2D eigenvalue weighted by molar-refractivity contribution is 9.10. The molecule has 5 rings (SSSR count). The first kappa shape index (κ1) is 16.8. The van der Waals surface area contributed by atoms with Gasteiger partial charge in [0.2, 0.25) is 0 Å². The summed E-state index contributed by atoms with van der Waals surface area (Å²) in [5.41, 5.74) is 4.65. The van der Waals surface area contributed by atoms with Crippen LogP contribution in [0.15, 0.2) is 16.6 Å². The minimum absolute atomic E-state index is 0.602. The second kappa shape index (κ2) is 6.90. The predicted molar refractivity (Wildman–Crippen MR) is 103 cm³/mol. The Labute approximate surface area is 156 Å². The molecule has 0 spiro atoms.